The van der Waals surface area contributed by atoms with Crippen LogP contribution in [0.2, 0.25) is 0 Å². The lowest BCUT2D eigenvalue weighted by molar-refractivity contribution is -0.142. The van der Waals surface area contributed by atoms with E-state index in [-0.39, 0.29) is 29.6 Å². The summed E-state index contributed by atoms with van der Waals surface area (Å²) in [4.78, 5) is 48.1. The molecule has 1 aromatic rings. The van der Waals surface area contributed by atoms with Gasteiger partial charge >= 0.3 is 0 Å². The fourth-order valence-corrected chi connectivity index (χ4v) is 8.59. The van der Waals surface area contributed by atoms with Crippen LogP contribution in [0.1, 0.15) is 45.4 Å². The van der Waals surface area contributed by atoms with E-state index in [9.17, 15) is 19.5 Å². The van der Waals surface area contributed by atoms with Crippen molar-refractivity contribution in [3.63, 3.8) is 0 Å². The van der Waals surface area contributed by atoms with Crippen LogP contribution in [0.25, 0.3) is 0 Å². The van der Waals surface area contributed by atoms with Crippen molar-refractivity contribution in [3.05, 3.63) is 54.6 Å². The zero-order valence-electron chi connectivity index (χ0n) is 22.2. The summed E-state index contributed by atoms with van der Waals surface area (Å²) in [6.45, 7) is 4.42. The van der Waals surface area contributed by atoms with Crippen LogP contribution in [0.3, 0.4) is 0 Å². The molecule has 38 heavy (non-hydrogen) atoms. The summed E-state index contributed by atoms with van der Waals surface area (Å²) < 4.78 is -0.764. The third-order valence-corrected chi connectivity index (χ3v) is 10.1. The summed E-state index contributed by atoms with van der Waals surface area (Å²) in [6.07, 6.45) is 13.5. The number of nitrogens with zero attached hydrogens (tertiary/aromatic N) is 3. The first-order valence-corrected chi connectivity index (χ1v) is 15.0. The molecule has 8 heteroatoms. The molecule has 4 heterocycles. The van der Waals surface area contributed by atoms with E-state index in [0.29, 0.717) is 32.6 Å². The van der Waals surface area contributed by atoms with Gasteiger partial charge in [0.15, 0.2) is 0 Å². The van der Waals surface area contributed by atoms with Crippen LogP contribution < -0.4 is 4.90 Å². The predicted molar refractivity (Wildman–Crippen MR) is 151 cm³/mol. The fourth-order valence-electron chi connectivity index (χ4n) is 6.59. The van der Waals surface area contributed by atoms with Crippen molar-refractivity contribution < 1.29 is 19.5 Å². The summed E-state index contributed by atoms with van der Waals surface area (Å²) in [6, 6.07) is 9.02. The molecule has 4 aliphatic heterocycles. The Morgan fingerprint density at radius 2 is 1.71 bits per heavy atom. The molecular weight excluding hydrogens is 498 g/mol. The van der Waals surface area contributed by atoms with Gasteiger partial charge < -0.3 is 19.8 Å². The Hall–Kier alpha value is -2.58. The maximum Gasteiger partial charge on any atom is 0.247 e. The molecule has 1 aromatic carbocycles. The summed E-state index contributed by atoms with van der Waals surface area (Å²) >= 11 is 1.64. The van der Waals surface area contributed by atoms with Gasteiger partial charge in [-0.05, 0) is 37.8 Å². The molecule has 204 valence electrons. The van der Waals surface area contributed by atoms with E-state index < -0.39 is 22.6 Å². The van der Waals surface area contributed by atoms with Crippen LogP contribution in [-0.4, -0.2) is 81.5 Å². The van der Waals surface area contributed by atoms with E-state index in [4.69, 9.17) is 0 Å². The van der Waals surface area contributed by atoms with Gasteiger partial charge in [-0.2, -0.15) is 0 Å². The molecule has 5 rings (SSSR count). The number of carbonyl (C=O) groups excluding carboxylic acids is 3. The molecule has 0 bridgehead atoms. The summed E-state index contributed by atoms with van der Waals surface area (Å²) in [7, 11) is 0. The third kappa shape index (κ3) is 4.70. The van der Waals surface area contributed by atoms with Gasteiger partial charge in [-0.1, -0.05) is 62.3 Å². The Bertz CT molecular complexity index is 1090. The summed E-state index contributed by atoms with van der Waals surface area (Å²) in [5, 5.41) is 9.09. The Morgan fingerprint density at radius 1 is 0.921 bits per heavy atom. The number of hydrogen-bond acceptors (Lipinski definition) is 5. The van der Waals surface area contributed by atoms with E-state index >= 15 is 0 Å². The highest BCUT2D eigenvalue weighted by molar-refractivity contribution is 8.02. The standard InChI is InChI=1S/C30H39N3O4S/c1-2-3-8-17-31-18-12-16-30-25(28(36)33(26(30)29(31)37)19-9-5-10-21-34)24-23(38-30)15-11-20-32(27(24)35)22-13-6-4-7-14-22/h4,6-7,11-16,23-26,34H,2-3,5,8-10,17-21H2,1H3/t23-,24+,25+,26?,30+/m1/s1. The number of amides is 3. The number of unbranched alkanes of at least 4 members (excludes halogenated alkanes) is 4. The van der Waals surface area contributed by atoms with Crippen LogP contribution >= 0.6 is 11.8 Å². The number of likely N-dealkylation sites (tertiary alicyclic amines) is 1. The number of aliphatic hydroxyl groups is 1. The molecule has 0 saturated carbocycles. The minimum atomic E-state index is -0.764. The molecule has 1 N–H and O–H groups in total. The first-order chi connectivity index (χ1) is 18.5. The molecule has 1 unspecified atom stereocenters. The molecule has 1 spiro atoms. The van der Waals surface area contributed by atoms with E-state index in [1.54, 1.807) is 21.6 Å². The van der Waals surface area contributed by atoms with Crippen LogP contribution in [-0.2, 0) is 14.4 Å². The number of carbonyl (C=O) groups is 3. The van der Waals surface area contributed by atoms with Crippen LogP contribution in [0.5, 0.6) is 0 Å². The average molecular weight is 538 g/mol. The molecule has 0 aliphatic carbocycles. The van der Waals surface area contributed by atoms with Crippen LogP contribution in [0, 0.1) is 11.8 Å². The number of hydrogen-bond donors (Lipinski definition) is 1. The maximum atomic E-state index is 14.3. The number of fused-ring (bicyclic) bond motifs is 2. The molecule has 0 radical (unpaired) electrons. The summed E-state index contributed by atoms with van der Waals surface area (Å²) in [5.74, 6) is -1.23. The fraction of sp³-hybridized carbons (Fsp3) is 0.567. The smallest absolute Gasteiger partial charge is 0.247 e. The van der Waals surface area contributed by atoms with Gasteiger partial charge in [0.1, 0.15) is 6.04 Å². The quantitative estimate of drug-likeness (QED) is 0.364. The number of aliphatic hydroxyl groups excluding tert-OH is 1. The maximum absolute atomic E-state index is 14.3. The Kier molecular flexibility index (Phi) is 8.29. The highest BCUT2D eigenvalue weighted by atomic mass is 32.2. The monoisotopic (exact) mass is 537 g/mol. The number of thioether (sulfide) groups is 1. The largest absolute Gasteiger partial charge is 0.396 e. The van der Waals surface area contributed by atoms with Gasteiger partial charge in [0.2, 0.25) is 17.7 Å². The Labute approximate surface area is 229 Å². The lowest BCUT2D eigenvalue weighted by Gasteiger charge is -2.35. The van der Waals surface area contributed by atoms with E-state index in [0.717, 1.165) is 37.8 Å². The topological polar surface area (TPSA) is 81.2 Å². The lowest BCUT2D eigenvalue weighted by atomic mass is 9.78. The minimum absolute atomic E-state index is 0.00409. The lowest BCUT2D eigenvalue weighted by Crippen LogP contribution is -2.53. The van der Waals surface area contributed by atoms with Gasteiger partial charge in [0.25, 0.3) is 0 Å². The Balaban J connectivity index is 1.51. The SMILES string of the molecule is CCCCCN1CC=C[C@]23S[C@@H]4C=CCN(c5ccccc5)C(=O)[C@@H]4[C@H]2C(=O)N(CCCCCO)C3C1=O. The van der Waals surface area contributed by atoms with Crippen molar-refractivity contribution >= 4 is 35.2 Å². The van der Waals surface area contributed by atoms with Gasteiger partial charge in [-0.15, -0.1) is 11.8 Å². The van der Waals surface area contributed by atoms with E-state index in [1.807, 2.05) is 41.3 Å². The third-order valence-electron chi connectivity index (χ3n) is 8.40. The molecule has 2 fully saturated rings. The molecule has 3 amide bonds. The number of anilines is 1. The van der Waals surface area contributed by atoms with Crippen molar-refractivity contribution in [2.75, 3.05) is 37.7 Å². The van der Waals surface area contributed by atoms with E-state index in [2.05, 4.69) is 25.2 Å². The molecular formula is C30H39N3O4S. The predicted octanol–water partition coefficient (Wildman–Crippen LogP) is 3.64. The Morgan fingerprint density at radius 3 is 2.47 bits per heavy atom. The second kappa shape index (κ2) is 11.7. The van der Waals surface area contributed by atoms with E-state index in [1.165, 1.54) is 0 Å². The number of rotatable bonds is 10. The molecule has 4 aliphatic rings. The molecule has 2 saturated heterocycles. The van der Waals surface area contributed by atoms with Crippen molar-refractivity contribution in [2.45, 2.75) is 61.5 Å². The highest BCUT2D eigenvalue weighted by Gasteiger charge is 2.70. The minimum Gasteiger partial charge on any atom is -0.396 e. The van der Waals surface area contributed by atoms with Crippen molar-refractivity contribution in [1.29, 1.82) is 0 Å². The van der Waals surface area contributed by atoms with Crippen molar-refractivity contribution in [1.82, 2.24) is 9.80 Å². The average Bonchev–Trinajstić information content (AvgIpc) is 3.24. The van der Waals surface area contributed by atoms with Crippen molar-refractivity contribution in [3.8, 4) is 0 Å². The highest BCUT2D eigenvalue weighted by Crippen LogP contribution is 2.61. The normalized spacial score (nSPS) is 30.4. The second-order valence-electron chi connectivity index (χ2n) is 10.8. The number of benzene rings is 1. The molecule has 7 nitrogen and oxygen atoms in total. The van der Waals surface area contributed by atoms with Gasteiger partial charge in [-0.3, -0.25) is 14.4 Å². The van der Waals surface area contributed by atoms with Crippen LogP contribution in [0.15, 0.2) is 54.6 Å². The van der Waals surface area contributed by atoms with Gasteiger partial charge in [0, 0.05) is 43.7 Å². The zero-order valence-corrected chi connectivity index (χ0v) is 23.0. The second-order valence-corrected chi connectivity index (χ2v) is 12.3. The number of para-hydroxylation sites is 1. The van der Waals surface area contributed by atoms with Gasteiger partial charge in [-0.25, -0.2) is 0 Å². The van der Waals surface area contributed by atoms with Gasteiger partial charge in [0.05, 0.1) is 16.6 Å². The summed E-state index contributed by atoms with van der Waals surface area (Å²) in [5.41, 5.74) is 0.825. The van der Waals surface area contributed by atoms with Crippen LogP contribution in [0.4, 0.5) is 5.69 Å². The van der Waals surface area contributed by atoms with Crippen molar-refractivity contribution in [2.24, 2.45) is 11.8 Å². The molecule has 0 aromatic heterocycles. The zero-order chi connectivity index (χ0) is 26.7. The first kappa shape index (κ1) is 27.0. The molecule has 5 atom stereocenters. The first-order valence-electron chi connectivity index (χ1n) is 14.1.